The molecule has 0 spiro atoms. The Morgan fingerprint density at radius 1 is 1.00 bits per heavy atom. The molecule has 1 nitrogen and oxygen atoms in total. The van der Waals surface area contributed by atoms with Crippen molar-refractivity contribution in [1.29, 1.82) is 0 Å². The number of hydrogen-bond acceptors (Lipinski definition) is 1. The molecule has 3 rings (SSSR count). The van der Waals surface area contributed by atoms with E-state index in [1.165, 1.54) is 11.6 Å². The van der Waals surface area contributed by atoms with E-state index in [9.17, 15) is 4.39 Å². The molecule has 0 aliphatic heterocycles. The highest BCUT2D eigenvalue weighted by molar-refractivity contribution is 6.31. The van der Waals surface area contributed by atoms with E-state index in [2.05, 4.69) is 17.4 Å². The highest BCUT2D eigenvalue weighted by atomic mass is 35.5. The molecule has 1 N–H and O–H groups in total. The summed E-state index contributed by atoms with van der Waals surface area (Å²) in [6, 6.07) is 13.2. The highest BCUT2D eigenvalue weighted by Crippen LogP contribution is 2.39. The second kappa shape index (κ2) is 5.63. The predicted molar refractivity (Wildman–Crippen MR) is 82.2 cm³/mol. The van der Waals surface area contributed by atoms with Crippen molar-refractivity contribution in [3.63, 3.8) is 0 Å². The van der Waals surface area contributed by atoms with Gasteiger partial charge in [0.25, 0.3) is 0 Å². The summed E-state index contributed by atoms with van der Waals surface area (Å²) in [7, 11) is 0. The van der Waals surface area contributed by atoms with Crippen LogP contribution in [0.25, 0.3) is 0 Å². The Balaban J connectivity index is 1.58. The van der Waals surface area contributed by atoms with Crippen molar-refractivity contribution in [2.45, 2.75) is 24.8 Å². The van der Waals surface area contributed by atoms with E-state index < -0.39 is 0 Å². The highest BCUT2D eigenvalue weighted by Gasteiger charge is 2.30. The zero-order chi connectivity index (χ0) is 14.1. The summed E-state index contributed by atoms with van der Waals surface area (Å²) < 4.78 is 13.1. The van der Waals surface area contributed by atoms with Gasteiger partial charge in [0.05, 0.1) is 5.02 Å². The molecule has 0 aromatic heterocycles. The number of anilines is 1. The van der Waals surface area contributed by atoms with E-state index in [1.807, 2.05) is 12.1 Å². The molecule has 2 aromatic rings. The Morgan fingerprint density at radius 3 is 2.35 bits per heavy atom. The van der Waals surface area contributed by atoms with Crippen LogP contribution >= 0.6 is 23.2 Å². The van der Waals surface area contributed by atoms with E-state index >= 15 is 0 Å². The van der Waals surface area contributed by atoms with Gasteiger partial charge in [-0.05, 0) is 54.7 Å². The van der Waals surface area contributed by atoms with Crippen LogP contribution in [0, 0.1) is 5.82 Å². The zero-order valence-corrected chi connectivity index (χ0v) is 12.3. The van der Waals surface area contributed by atoms with Crippen molar-refractivity contribution >= 4 is 28.9 Å². The molecule has 104 valence electrons. The van der Waals surface area contributed by atoms with Crippen LogP contribution < -0.4 is 5.32 Å². The third-order valence-electron chi connectivity index (χ3n) is 3.77. The lowest BCUT2D eigenvalue weighted by Gasteiger charge is -2.37. The Kier molecular flexibility index (Phi) is 3.86. The van der Waals surface area contributed by atoms with Crippen LogP contribution in [0.15, 0.2) is 42.5 Å². The minimum Gasteiger partial charge on any atom is -0.382 e. The number of halogens is 3. The molecule has 20 heavy (non-hydrogen) atoms. The van der Waals surface area contributed by atoms with Crippen LogP contribution in [0.3, 0.4) is 0 Å². The Bertz CT molecular complexity index is 606. The standard InChI is InChI=1S/C16H14Cl2FN/c17-12-3-1-10(2-4-12)11-7-14(8-11)20-13-5-6-16(19)15(18)9-13/h1-6,9,11,14,20H,7-8H2. The van der Waals surface area contributed by atoms with Crippen LogP contribution in [0.4, 0.5) is 10.1 Å². The maximum atomic E-state index is 13.1. The van der Waals surface area contributed by atoms with Gasteiger partial charge in [-0.2, -0.15) is 0 Å². The van der Waals surface area contributed by atoms with Gasteiger partial charge in [0.15, 0.2) is 0 Å². The average Bonchev–Trinajstić information content (AvgIpc) is 2.39. The van der Waals surface area contributed by atoms with E-state index in [-0.39, 0.29) is 10.8 Å². The number of rotatable bonds is 3. The van der Waals surface area contributed by atoms with Gasteiger partial charge in [-0.15, -0.1) is 0 Å². The third-order valence-corrected chi connectivity index (χ3v) is 4.31. The predicted octanol–water partition coefficient (Wildman–Crippen LogP) is 5.49. The lowest BCUT2D eigenvalue weighted by atomic mass is 9.76. The van der Waals surface area contributed by atoms with Gasteiger partial charge in [0.1, 0.15) is 5.82 Å². The van der Waals surface area contributed by atoms with Gasteiger partial charge in [-0.25, -0.2) is 4.39 Å². The van der Waals surface area contributed by atoms with Crippen LogP contribution in [-0.4, -0.2) is 6.04 Å². The van der Waals surface area contributed by atoms with Crippen molar-refractivity contribution in [3.05, 3.63) is 63.9 Å². The zero-order valence-electron chi connectivity index (χ0n) is 10.7. The first-order valence-corrected chi connectivity index (χ1v) is 7.34. The molecule has 0 bridgehead atoms. The minimum atomic E-state index is -0.384. The molecular weight excluding hydrogens is 296 g/mol. The number of nitrogens with one attached hydrogen (secondary N) is 1. The van der Waals surface area contributed by atoms with Gasteiger partial charge in [0, 0.05) is 16.8 Å². The molecule has 0 radical (unpaired) electrons. The Hall–Kier alpha value is -1.25. The first kappa shape index (κ1) is 13.7. The largest absolute Gasteiger partial charge is 0.382 e. The molecular formula is C16H14Cl2FN. The first-order chi connectivity index (χ1) is 9.61. The fraction of sp³-hybridized carbons (Fsp3) is 0.250. The Morgan fingerprint density at radius 2 is 1.70 bits per heavy atom. The van der Waals surface area contributed by atoms with Crippen LogP contribution in [0.5, 0.6) is 0 Å². The summed E-state index contributed by atoms with van der Waals surface area (Å²) in [5.74, 6) is 0.186. The van der Waals surface area contributed by atoms with Crippen molar-refractivity contribution in [3.8, 4) is 0 Å². The van der Waals surface area contributed by atoms with Crippen molar-refractivity contribution < 1.29 is 4.39 Å². The second-order valence-electron chi connectivity index (χ2n) is 5.19. The molecule has 0 heterocycles. The summed E-state index contributed by atoms with van der Waals surface area (Å²) in [5.41, 5.74) is 2.19. The van der Waals surface area contributed by atoms with E-state index in [4.69, 9.17) is 23.2 Å². The molecule has 1 aliphatic carbocycles. The number of benzene rings is 2. The molecule has 4 heteroatoms. The van der Waals surface area contributed by atoms with Crippen molar-refractivity contribution in [2.24, 2.45) is 0 Å². The lowest BCUT2D eigenvalue weighted by Crippen LogP contribution is -2.33. The first-order valence-electron chi connectivity index (χ1n) is 6.59. The van der Waals surface area contributed by atoms with Crippen molar-refractivity contribution in [1.82, 2.24) is 0 Å². The fourth-order valence-corrected chi connectivity index (χ4v) is 2.87. The van der Waals surface area contributed by atoms with E-state index in [1.54, 1.807) is 12.1 Å². The van der Waals surface area contributed by atoms with Gasteiger partial charge in [0.2, 0.25) is 0 Å². The van der Waals surface area contributed by atoms with Gasteiger partial charge < -0.3 is 5.32 Å². The average molecular weight is 310 g/mol. The molecule has 1 saturated carbocycles. The molecule has 0 unspecified atom stereocenters. The summed E-state index contributed by atoms with van der Waals surface area (Å²) >= 11 is 11.7. The summed E-state index contributed by atoms with van der Waals surface area (Å²) in [6.07, 6.45) is 2.13. The second-order valence-corrected chi connectivity index (χ2v) is 6.03. The smallest absolute Gasteiger partial charge is 0.141 e. The topological polar surface area (TPSA) is 12.0 Å². The lowest BCUT2D eigenvalue weighted by molar-refractivity contribution is 0.374. The number of hydrogen-bond donors (Lipinski definition) is 1. The summed E-state index contributed by atoms with van der Waals surface area (Å²) in [4.78, 5) is 0. The SMILES string of the molecule is Fc1ccc(NC2CC(c3ccc(Cl)cc3)C2)cc1Cl. The van der Waals surface area contributed by atoms with Crippen LogP contribution in [-0.2, 0) is 0 Å². The Labute approximate surface area is 127 Å². The quantitative estimate of drug-likeness (QED) is 0.790. The molecule has 2 aromatic carbocycles. The van der Waals surface area contributed by atoms with Gasteiger partial charge >= 0.3 is 0 Å². The molecule has 0 saturated heterocycles. The molecule has 0 amide bonds. The van der Waals surface area contributed by atoms with Gasteiger partial charge in [-0.1, -0.05) is 35.3 Å². The maximum absolute atomic E-state index is 13.1. The molecule has 1 fully saturated rings. The van der Waals surface area contributed by atoms with Crippen molar-refractivity contribution in [2.75, 3.05) is 5.32 Å². The third kappa shape index (κ3) is 2.92. The monoisotopic (exact) mass is 309 g/mol. The minimum absolute atomic E-state index is 0.156. The van der Waals surface area contributed by atoms with Crippen LogP contribution in [0.2, 0.25) is 10.0 Å². The van der Waals surface area contributed by atoms with Crippen LogP contribution in [0.1, 0.15) is 24.3 Å². The summed E-state index contributed by atoms with van der Waals surface area (Å²) in [6.45, 7) is 0. The maximum Gasteiger partial charge on any atom is 0.141 e. The molecule has 1 aliphatic rings. The normalized spacial score (nSPS) is 21.4. The summed E-state index contributed by atoms with van der Waals surface area (Å²) in [5, 5.41) is 4.30. The fourth-order valence-electron chi connectivity index (χ4n) is 2.56. The molecule has 0 atom stereocenters. The van der Waals surface area contributed by atoms with E-state index in [0.717, 1.165) is 23.6 Å². The van der Waals surface area contributed by atoms with E-state index in [0.29, 0.717) is 12.0 Å². The van der Waals surface area contributed by atoms with Gasteiger partial charge in [-0.3, -0.25) is 0 Å².